The van der Waals surface area contributed by atoms with Crippen LogP contribution in [0.15, 0.2) is 36.5 Å². The number of carbonyl (C=O) groups excluding carboxylic acids is 3. The minimum Gasteiger partial charge on any atom is -0.465 e. The number of hydrogen-bond donors (Lipinski definition) is 2. The molecule has 2 aromatic rings. The molecular formula is C19H22FN3O5. The van der Waals surface area contributed by atoms with E-state index >= 15 is 0 Å². The summed E-state index contributed by atoms with van der Waals surface area (Å²) in [6.07, 6.45) is 1.29. The largest absolute Gasteiger partial charge is 0.465 e. The highest BCUT2D eigenvalue weighted by atomic mass is 19.1. The van der Waals surface area contributed by atoms with Gasteiger partial charge in [0.25, 0.3) is 0 Å². The van der Waals surface area contributed by atoms with Gasteiger partial charge < -0.3 is 15.2 Å². The second kappa shape index (κ2) is 10.0. The Morgan fingerprint density at radius 1 is 1.21 bits per heavy atom. The number of hydrogen-bond acceptors (Lipinski definition) is 7. The van der Waals surface area contributed by atoms with E-state index in [0.717, 1.165) is 6.07 Å². The number of esters is 1. The number of anilines is 2. The lowest BCUT2D eigenvalue weighted by molar-refractivity contribution is 0.0597. The van der Waals surface area contributed by atoms with E-state index < -0.39 is 23.5 Å². The number of pyridine rings is 1. The minimum atomic E-state index is -0.620. The van der Waals surface area contributed by atoms with E-state index in [9.17, 15) is 18.8 Å². The van der Waals surface area contributed by atoms with Crippen LogP contribution >= 0.6 is 0 Å². The number of nitrogens with zero attached hydrogens (tertiary/aromatic N) is 1. The van der Waals surface area contributed by atoms with Crippen molar-refractivity contribution in [3.63, 3.8) is 0 Å². The first-order valence-electron chi connectivity index (χ1n) is 8.10. The number of nitrogen functional groups attached to an aromatic ring is 1. The van der Waals surface area contributed by atoms with Crippen LogP contribution in [-0.2, 0) is 9.47 Å². The van der Waals surface area contributed by atoms with Crippen LogP contribution in [0.5, 0.6) is 0 Å². The summed E-state index contributed by atoms with van der Waals surface area (Å²) in [5.41, 5.74) is 6.06. The standard InChI is InChI=1S/C11H15FN2O2.C8H7NO3/c1-11(2,3)16-10(15)14-9-5-4-7(12)6-8(9)13;1-12-8(11)6-2-3-7(5-10)9-4-6/h4-6H,13H2,1-3H3,(H,14,15);2-5H,1H3. The molecule has 0 saturated heterocycles. The van der Waals surface area contributed by atoms with E-state index in [0.29, 0.717) is 23.2 Å². The number of carbonyl (C=O) groups is 3. The Hall–Kier alpha value is -3.49. The van der Waals surface area contributed by atoms with Crippen molar-refractivity contribution in [2.24, 2.45) is 0 Å². The molecule has 1 heterocycles. The third kappa shape index (κ3) is 7.81. The smallest absolute Gasteiger partial charge is 0.412 e. The molecule has 0 fully saturated rings. The highest BCUT2D eigenvalue weighted by molar-refractivity contribution is 5.89. The Bertz CT molecular complexity index is 832. The fourth-order valence-corrected chi connectivity index (χ4v) is 1.77. The van der Waals surface area contributed by atoms with Gasteiger partial charge in [-0.2, -0.15) is 0 Å². The molecule has 2 rings (SSSR count). The maximum Gasteiger partial charge on any atom is 0.412 e. The van der Waals surface area contributed by atoms with Gasteiger partial charge in [0.2, 0.25) is 0 Å². The predicted octanol–water partition coefficient (Wildman–Crippen LogP) is 3.44. The van der Waals surface area contributed by atoms with Crippen LogP contribution in [0.1, 0.15) is 41.6 Å². The Balaban J connectivity index is 0.000000292. The maximum atomic E-state index is 12.7. The van der Waals surface area contributed by atoms with Gasteiger partial charge in [-0.3, -0.25) is 15.1 Å². The first-order chi connectivity index (χ1) is 13.1. The average molecular weight is 391 g/mol. The summed E-state index contributed by atoms with van der Waals surface area (Å²) in [5, 5.41) is 2.44. The lowest BCUT2D eigenvalue weighted by atomic mass is 10.2. The van der Waals surface area contributed by atoms with Gasteiger partial charge in [0.1, 0.15) is 17.1 Å². The van der Waals surface area contributed by atoms with E-state index in [2.05, 4.69) is 15.0 Å². The van der Waals surface area contributed by atoms with Crippen molar-refractivity contribution in [1.29, 1.82) is 0 Å². The van der Waals surface area contributed by atoms with Crippen LogP contribution in [0.25, 0.3) is 0 Å². The number of rotatable bonds is 3. The van der Waals surface area contributed by atoms with E-state index in [4.69, 9.17) is 10.5 Å². The summed E-state index contributed by atoms with van der Waals surface area (Å²) in [5.74, 6) is -0.910. The lowest BCUT2D eigenvalue weighted by Crippen LogP contribution is -2.27. The summed E-state index contributed by atoms with van der Waals surface area (Å²) in [4.78, 5) is 36.1. The van der Waals surface area contributed by atoms with Crippen LogP contribution in [0.2, 0.25) is 0 Å². The third-order valence-electron chi connectivity index (χ3n) is 2.98. The number of aldehydes is 1. The molecule has 1 aromatic carbocycles. The van der Waals surface area contributed by atoms with E-state index in [-0.39, 0.29) is 5.69 Å². The van der Waals surface area contributed by atoms with Crippen molar-refractivity contribution in [2.75, 3.05) is 18.2 Å². The molecule has 0 aliphatic heterocycles. The molecule has 0 radical (unpaired) electrons. The second-order valence-electron chi connectivity index (χ2n) is 6.44. The second-order valence-corrected chi connectivity index (χ2v) is 6.44. The molecule has 0 atom stereocenters. The highest BCUT2D eigenvalue weighted by Gasteiger charge is 2.16. The first kappa shape index (κ1) is 22.6. The zero-order chi connectivity index (χ0) is 21.3. The Morgan fingerprint density at radius 2 is 1.89 bits per heavy atom. The van der Waals surface area contributed by atoms with Gasteiger partial charge in [0.05, 0.1) is 24.0 Å². The SMILES string of the molecule is CC(C)(C)OC(=O)Nc1ccc(F)cc1N.COC(=O)c1ccc(C=O)nc1. The summed E-state index contributed by atoms with van der Waals surface area (Å²) in [6.45, 7) is 5.25. The molecule has 0 aliphatic carbocycles. The van der Waals surface area contributed by atoms with E-state index in [1.807, 2.05) is 0 Å². The molecule has 3 N–H and O–H groups in total. The zero-order valence-electron chi connectivity index (χ0n) is 16.0. The predicted molar refractivity (Wildman–Crippen MR) is 102 cm³/mol. The molecule has 0 bridgehead atoms. The number of amides is 1. The maximum absolute atomic E-state index is 12.7. The van der Waals surface area contributed by atoms with Crippen molar-refractivity contribution >= 4 is 29.7 Å². The van der Waals surface area contributed by atoms with Crippen molar-refractivity contribution < 1.29 is 28.2 Å². The number of halogens is 1. The number of nitrogens with one attached hydrogen (secondary N) is 1. The molecule has 0 unspecified atom stereocenters. The first-order valence-corrected chi connectivity index (χ1v) is 8.10. The van der Waals surface area contributed by atoms with Gasteiger partial charge in [0, 0.05) is 6.20 Å². The van der Waals surface area contributed by atoms with Crippen molar-refractivity contribution in [1.82, 2.24) is 4.98 Å². The Labute approximate surface area is 161 Å². The summed E-state index contributed by atoms with van der Waals surface area (Å²) in [6, 6.07) is 6.67. The van der Waals surface area contributed by atoms with Gasteiger partial charge in [-0.05, 0) is 51.1 Å². The molecule has 150 valence electrons. The monoisotopic (exact) mass is 391 g/mol. The van der Waals surface area contributed by atoms with Crippen LogP contribution in [0, 0.1) is 5.82 Å². The number of benzene rings is 1. The van der Waals surface area contributed by atoms with Gasteiger partial charge in [-0.15, -0.1) is 0 Å². The zero-order valence-corrected chi connectivity index (χ0v) is 16.0. The van der Waals surface area contributed by atoms with Crippen LogP contribution < -0.4 is 11.1 Å². The molecule has 0 aliphatic rings. The number of aromatic nitrogens is 1. The van der Waals surface area contributed by atoms with Gasteiger partial charge in [0.15, 0.2) is 6.29 Å². The molecule has 28 heavy (non-hydrogen) atoms. The fourth-order valence-electron chi connectivity index (χ4n) is 1.77. The topological polar surface area (TPSA) is 121 Å². The summed E-state index contributed by atoms with van der Waals surface area (Å²) < 4.78 is 22.2. The molecule has 9 heteroatoms. The van der Waals surface area contributed by atoms with E-state index in [1.54, 1.807) is 20.8 Å². The molecule has 1 aromatic heterocycles. The molecule has 0 spiro atoms. The highest BCUT2D eigenvalue weighted by Crippen LogP contribution is 2.20. The quantitative estimate of drug-likeness (QED) is 0.467. The average Bonchev–Trinajstić information content (AvgIpc) is 2.62. The minimum absolute atomic E-state index is 0.158. The molecule has 1 amide bonds. The third-order valence-corrected chi connectivity index (χ3v) is 2.98. The van der Waals surface area contributed by atoms with Crippen LogP contribution in [0.3, 0.4) is 0 Å². The lowest BCUT2D eigenvalue weighted by Gasteiger charge is -2.20. The van der Waals surface area contributed by atoms with Gasteiger partial charge in [-0.1, -0.05) is 0 Å². The normalized spacial score (nSPS) is 10.2. The van der Waals surface area contributed by atoms with Crippen molar-refractivity contribution in [2.45, 2.75) is 26.4 Å². The van der Waals surface area contributed by atoms with Crippen LogP contribution in [-0.4, -0.2) is 36.0 Å². The Morgan fingerprint density at radius 3 is 2.36 bits per heavy atom. The van der Waals surface area contributed by atoms with Gasteiger partial charge in [-0.25, -0.2) is 14.0 Å². The van der Waals surface area contributed by atoms with E-state index in [1.165, 1.54) is 37.6 Å². The van der Waals surface area contributed by atoms with Gasteiger partial charge >= 0.3 is 12.1 Å². The number of ether oxygens (including phenoxy) is 2. The van der Waals surface area contributed by atoms with Crippen LogP contribution in [0.4, 0.5) is 20.6 Å². The molecule has 0 saturated carbocycles. The summed E-state index contributed by atoms with van der Waals surface area (Å²) >= 11 is 0. The summed E-state index contributed by atoms with van der Waals surface area (Å²) in [7, 11) is 1.29. The molecular weight excluding hydrogens is 369 g/mol. The van der Waals surface area contributed by atoms with Crippen molar-refractivity contribution in [3.8, 4) is 0 Å². The van der Waals surface area contributed by atoms with Crippen molar-refractivity contribution in [3.05, 3.63) is 53.6 Å². The number of methoxy groups -OCH3 is 1. The Kier molecular flexibility index (Phi) is 8.06. The molecule has 8 nitrogen and oxygen atoms in total. The number of nitrogens with two attached hydrogens (primary N) is 1. The fraction of sp³-hybridized carbons (Fsp3) is 0.263.